The predicted molar refractivity (Wildman–Crippen MR) is 76.5 cm³/mol. The fourth-order valence-corrected chi connectivity index (χ4v) is 1.58. The largest absolute Gasteiger partial charge is 0.491 e. The highest BCUT2D eigenvalue weighted by atomic mass is 79.9. The van der Waals surface area contributed by atoms with Crippen LogP contribution in [0.2, 0.25) is 0 Å². The summed E-state index contributed by atoms with van der Waals surface area (Å²) in [5.41, 5.74) is 0. The van der Waals surface area contributed by atoms with E-state index in [0.29, 0.717) is 6.61 Å². The van der Waals surface area contributed by atoms with Crippen LogP contribution in [0.3, 0.4) is 0 Å². The number of allylic oxidation sites excluding steroid dienone is 1. The van der Waals surface area contributed by atoms with Gasteiger partial charge in [-0.05, 0) is 48.8 Å². The van der Waals surface area contributed by atoms with Crippen molar-refractivity contribution in [1.82, 2.24) is 0 Å². The lowest BCUT2D eigenvalue weighted by Gasteiger charge is -2.11. The third-order valence-corrected chi connectivity index (χ3v) is 3.14. The van der Waals surface area contributed by atoms with E-state index in [2.05, 4.69) is 15.9 Å². The van der Waals surface area contributed by atoms with Gasteiger partial charge in [-0.25, -0.2) is 4.79 Å². The number of carbonyl (C=O) groups is 1. The first-order chi connectivity index (χ1) is 9.51. The van der Waals surface area contributed by atoms with Crippen molar-refractivity contribution in [3.05, 3.63) is 34.3 Å². The highest BCUT2D eigenvalue weighted by Crippen LogP contribution is 2.29. The Bertz CT molecular complexity index is 514. The lowest BCUT2D eigenvalue weighted by molar-refractivity contribution is -0.137. The fraction of sp³-hybridized carbons (Fsp3) is 0.357. The molecule has 1 aromatic rings. The predicted octanol–water partition coefficient (Wildman–Crippen LogP) is 3.79. The third kappa shape index (κ3) is 4.23. The summed E-state index contributed by atoms with van der Waals surface area (Å²) in [5, 5.41) is 0. The smallest absolute Gasteiger partial charge is 0.348 e. The molecule has 0 aliphatic carbocycles. The van der Waals surface area contributed by atoms with Gasteiger partial charge < -0.3 is 14.2 Å². The average molecular weight is 347 g/mol. The Morgan fingerprint density at radius 1 is 1.25 bits per heavy atom. The molecular weight excluding hydrogens is 331 g/mol. The van der Waals surface area contributed by atoms with Crippen molar-refractivity contribution < 1.29 is 23.4 Å². The zero-order valence-corrected chi connectivity index (χ0v) is 13.1. The lowest BCUT2D eigenvalue weighted by atomic mass is 10.3. The monoisotopic (exact) mass is 346 g/mol. The van der Waals surface area contributed by atoms with Crippen molar-refractivity contribution in [2.75, 3.05) is 13.2 Å². The van der Waals surface area contributed by atoms with Gasteiger partial charge in [-0.1, -0.05) is 6.07 Å². The van der Waals surface area contributed by atoms with Crippen LogP contribution in [-0.4, -0.2) is 19.2 Å². The number of benzene rings is 1. The van der Waals surface area contributed by atoms with Gasteiger partial charge in [-0.2, -0.15) is 4.39 Å². The van der Waals surface area contributed by atoms with Crippen LogP contribution in [0.15, 0.2) is 28.4 Å². The lowest BCUT2D eigenvalue weighted by Crippen LogP contribution is -2.08. The molecule has 110 valence electrons. The average Bonchev–Trinajstić information content (AvgIpc) is 2.42. The van der Waals surface area contributed by atoms with Crippen molar-refractivity contribution in [2.24, 2.45) is 0 Å². The summed E-state index contributed by atoms with van der Waals surface area (Å²) in [6, 6.07) is 4.56. The van der Waals surface area contributed by atoms with Crippen LogP contribution in [-0.2, 0) is 9.53 Å². The zero-order chi connectivity index (χ0) is 15.1. The Kier molecular flexibility index (Phi) is 6.51. The first-order valence-electron chi connectivity index (χ1n) is 6.13. The minimum absolute atomic E-state index is 0.0188. The molecule has 0 saturated heterocycles. The Labute approximate surface area is 125 Å². The molecule has 0 amide bonds. The van der Waals surface area contributed by atoms with Crippen molar-refractivity contribution in [3.63, 3.8) is 0 Å². The number of carbonyl (C=O) groups excluding carboxylic acids is 1. The van der Waals surface area contributed by atoms with E-state index in [1.165, 1.54) is 19.1 Å². The van der Waals surface area contributed by atoms with E-state index in [1.807, 2.05) is 0 Å². The minimum Gasteiger partial charge on any atom is -0.491 e. The molecule has 1 aromatic carbocycles. The second kappa shape index (κ2) is 7.89. The van der Waals surface area contributed by atoms with Crippen molar-refractivity contribution >= 4 is 21.9 Å². The molecule has 0 bridgehead atoms. The molecule has 1 rings (SSSR count). The van der Waals surface area contributed by atoms with Crippen LogP contribution in [0.1, 0.15) is 20.8 Å². The van der Waals surface area contributed by atoms with Gasteiger partial charge in [0.15, 0.2) is 11.5 Å². The summed E-state index contributed by atoms with van der Waals surface area (Å²) in [4.78, 5) is 11.5. The Morgan fingerprint density at radius 2 is 1.90 bits per heavy atom. The van der Waals surface area contributed by atoms with Gasteiger partial charge in [-0.15, -0.1) is 0 Å². The topological polar surface area (TPSA) is 44.8 Å². The quantitative estimate of drug-likeness (QED) is 0.446. The maximum absolute atomic E-state index is 14.0. The van der Waals surface area contributed by atoms with Crippen LogP contribution < -0.4 is 9.47 Å². The summed E-state index contributed by atoms with van der Waals surface area (Å²) < 4.78 is 29.4. The summed E-state index contributed by atoms with van der Waals surface area (Å²) in [5.74, 6) is -0.889. The highest BCUT2D eigenvalue weighted by molar-refractivity contribution is 9.12. The normalized spacial score (nSPS) is 11.7. The summed E-state index contributed by atoms with van der Waals surface area (Å²) >= 11 is 3.07. The molecule has 6 heteroatoms. The Balaban J connectivity index is 2.95. The Morgan fingerprint density at radius 3 is 2.50 bits per heavy atom. The number of esters is 1. The molecule has 0 saturated carbocycles. The SMILES string of the molecule is CCOC(=O)C(Br)=C(C)Oc1cccc(OCC)c1F. The van der Waals surface area contributed by atoms with Crippen LogP contribution >= 0.6 is 15.9 Å². The highest BCUT2D eigenvalue weighted by Gasteiger charge is 2.16. The van der Waals surface area contributed by atoms with Crippen LogP contribution in [0.5, 0.6) is 11.5 Å². The Hall–Kier alpha value is -1.56. The molecule has 0 aliphatic rings. The van der Waals surface area contributed by atoms with Crippen molar-refractivity contribution in [1.29, 1.82) is 0 Å². The molecule has 4 nitrogen and oxygen atoms in total. The minimum atomic E-state index is -0.613. The molecular formula is C14H16BrFO4. The molecule has 0 heterocycles. The second-order valence-corrected chi connectivity index (χ2v) is 4.49. The van der Waals surface area contributed by atoms with Gasteiger partial charge in [0.25, 0.3) is 0 Å². The molecule has 0 atom stereocenters. The third-order valence-electron chi connectivity index (χ3n) is 2.25. The number of hydrogen-bond acceptors (Lipinski definition) is 4. The van der Waals surface area contributed by atoms with E-state index in [4.69, 9.17) is 14.2 Å². The van der Waals surface area contributed by atoms with E-state index in [1.54, 1.807) is 19.9 Å². The van der Waals surface area contributed by atoms with Gasteiger partial charge in [0.2, 0.25) is 5.82 Å². The maximum atomic E-state index is 14.0. The second-order valence-electron chi connectivity index (χ2n) is 3.69. The van der Waals surface area contributed by atoms with Crippen LogP contribution in [0.4, 0.5) is 4.39 Å². The standard InChI is InChI=1S/C14H16BrFO4/c1-4-18-10-7-6-8-11(13(10)16)20-9(3)12(15)14(17)19-5-2/h6-8H,4-5H2,1-3H3. The fourth-order valence-electron chi connectivity index (χ4n) is 1.38. The van der Waals surface area contributed by atoms with Gasteiger partial charge in [0.05, 0.1) is 13.2 Å². The van der Waals surface area contributed by atoms with E-state index >= 15 is 0 Å². The summed E-state index contributed by atoms with van der Waals surface area (Å²) in [6.45, 7) is 5.58. The molecule has 0 spiro atoms. The first-order valence-corrected chi connectivity index (χ1v) is 6.93. The van der Waals surface area contributed by atoms with Gasteiger partial charge in [0.1, 0.15) is 10.2 Å². The summed E-state index contributed by atoms with van der Waals surface area (Å²) in [6.07, 6.45) is 0. The molecule has 0 fully saturated rings. The zero-order valence-electron chi connectivity index (χ0n) is 11.5. The van der Waals surface area contributed by atoms with Crippen LogP contribution in [0.25, 0.3) is 0 Å². The number of halogens is 2. The van der Waals surface area contributed by atoms with Crippen molar-refractivity contribution in [2.45, 2.75) is 20.8 Å². The van der Waals surface area contributed by atoms with Crippen molar-refractivity contribution in [3.8, 4) is 11.5 Å². The van der Waals surface area contributed by atoms with Gasteiger partial charge >= 0.3 is 5.97 Å². The first kappa shape index (κ1) is 16.5. The van der Waals surface area contributed by atoms with E-state index in [9.17, 15) is 9.18 Å². The number of ether oxygens (including phenoxy) is 3. The molecule has 0 aliphatic heterocycles. The molecule has 0 unspecified atom stereocenters. The van der Waals surface area contributed by atoms with Gasteiger partial charge in [0, 0.05) is 0 Å². The molecule has 0 aromatic heterocycles. The molecule has 0 N–H and O–H groups in total. The van der Waals surface area contributed by atoms with E-state index in [0.717, 1.165) is 0 Å². The summed E-state index contributed by atoms with van der Waals surface area (Å²) in [7, 11) is 0. The van der Waals surface area contributed by atoms with Gasteiger partial charge in [-0.3, -0.25) is 0 Å². The van der Waals surface area contributed by atoms with E-state index < -0.39 is 11.8 Å². The van der Waals surface area contributed by atoms with E-state index in [-0.39, 0.29) is 28.3 Å². The number of hydrogen-bond donors (Lipinski definition) is 0. The maximum Gasteiger partial charge on any atom is 0.348 e. The molecule has 0 radical (unpaired) electrons. The number of rotatable bonds is 6. The van der Waals surface area contributed by atoms with Crippen LogP contribution in [0, 0.1) is 5.82 Å². The molecule has 20 heavy (non-hydrogen) atoms.